The Labute approximate surface area is 247 Å². The highest BCUT2D eigenvalue weighted by Crippen LogP contribution is 2.69. The summed E-state index contributed by atoms with van der Waals surface area (Å²) in [6.45, 7) is 9.20. The quantitative estimate of drug-likeness (QED) is 0.280. The lowest BCUT2D eigenvalue weighted by Crippen LogP contribution is -2.53. The number of esters is 1. The van der Waals surface area contributed by atoms with Crippen molar-refractivity contribution in [3.63, 3.8) is 0 Å². The molecule has 0 unspecified atom stereocenters. The van der Waals surface area contributed by atoms with E-state index in [9.17, 15) is 4.79 Å². The first-order chi connectivity index (χ1) is 19.7. The van der Waals surface area contributed by atoms with Gasteiger partial charge in [-0.2, -0.15) is 0 Å². The molecule has 0 amide bonds. The van der Waals surface area contributed by atoms with Crippen molar-refractivity contribution >= 4 is 5.97 Å². The van der Waals surface area contributed by atoms with E-state index in [1.165, 1.54) is 43.2 Å². The molecule has 0 radical (unpaired) electrons. The SMILES string of the molecule is CC(=O)O[C@H]1CC[C@@]2(C)C(=CC[C@@H]3[C@H]4CC[C@@H]([C@]5(C)CCC(c6ccccc6)(c6ccccc6)O5)[C@]4(C)CC[C@H]32)C1. The number of hydrogen-bond donors (Lipinski definition) is 0. The number of carbonyl (C=O) groups excluding carboxylic acids is 1. The van der Waals surface area contributed by atoms with Crippen LogP contribution in [0.15, 0.2) is 72.3 Å². The van der Waals surface area contributed by atoms with Gasteiger partial charge in [-0.3, -0.25) is 4.79 Å². The van der Waals surface area contributed by atoms with Crippen molar-refractivity contribution < 1.29 is 14.3 Å². The molecule has 8 atom stereocenters. The molecule has 1 aliphatic heterocycles. The topological polar surface area (TPSA) is 35.5 Å². The van der Waals surface area contributed by atoms with Crippen LogP contribution in [-0.2, 0) is 19.9 Å². The largest absolute Gasteiger partial charge is 0.462 e. The van der Waals surface area contributed by atoms with Gasteiger partial charge in [0.1, 0.15) is 11.7 Å². The summed E-state index contributed by atoms with van der Waals surface area (Å²) in [5.74, 6) is 2.71. The van der Waals surface area contributed by atoms with E-state index in [1.807, 2.05) is 0 Å². The van der Waals surface area contributed by atoms with Gasteiger partial charge in [-0.15, -0.1) is 0 Å². The van der Waals surface area contributed by atoms with Crippen LogP contribution in [0.5, 0.6) is 0 Å². The van der Waals surface area contributed by atoms with Crippen molar-refractivity contribution in [2.75, 3.05) is 0 Å². The van der Waals surface area contributed by atoms with Gasteiger partial charge < -0.3 is 9.47 Å². The standard InChI is InChI=1S/C38H48O3/c1-26(39)40-30-19-21-35(2)29(25-30)15-16-31-32-17-18-34(36(32,3)22-20-33(31)35)37(4)23-24-38(41-37,27-11-7-5-8-12-27)28-13-9-6-10-14-28/h5-15,30-34H,16-25H2,1-4H3/t30-,31+,32+,33+,34+,35-,36+,37-/m0/s1. The maximum Gasteiger partial charge on any atom is 0.302 e. The fraction of sp³-hybridized carbons (Fsp3) is 0.605. The van der Waals surface area contributed by atoms with Crippen LogP contribution in [-0.4, -0.2) is 17.7 Å². The fourth-order valence-electron chi connectivity index (χ4n) is 11.1. The third kappa shape index (κ3) is 4.20. The second-order valence-corrected chi connectivity index (χ2v) is 14.9. The zero-order valence-electron chi connectivity index (χ0n) is 25.5. The second kappa shape index (κ2) is 9.83. The first-order valence-corrected chi connectivity index (χ1v) is 16.4. The Morgan fingerprint density at radius 1 is 0.805 bits per heavy atom. The van der Waals surface area contributed by atoms with E-state index < -0.39 is 0 Å². The maximum absolute atomic E-state index is 11.7. The van der Waals surface area contributed by atoms with Crippen molar-refractivity contribution in [3.05, 3.63) is 83.4 Å². The van der Waals surface area contributed by atoms with Crippen LogP contribution in [0.4, 0.5) is 0 Å². The van der Waals surface area contributed by atoms with Gasteiger partial charge in [0.2, 0.25) is 0 Å². The summed E-state index contributed by atoms with van der Waals surface area (Å²) in [6.07, 6.45) is 14.3. The number of rotatable bonds is 4. The summed E-state index contributed by atoms with van der Waals surface area (Å²) >= 11 is 0. The molecular weight excluding hydrogens is 504 g/mol. The predicted molar refractivity (Wildman–Crippen MR) is 163 cm³/mol. The van der Waals surface area contributed by atoms with Gasteiger partial charge in [-0.1, -0.05) is 86.2 Å². The van der Waals surface area contributed by atoms with Crippen molar-refractivity contribution in [1.82, 2.24) is 0 Å². The summed E-state index contributed by atoms with van der Waals surface area (Å²) in [7, 11) is 0. The summed E-state index contributed by atoms with van der Waals surface area (Å²) in [5.41, 5.74) is 4.24. The molecule has 1 heterocycles. The number of hydrogen-bond acceptors (Lipinski definition) is 3. The second-order valence-electron chi connectivity index (χ2n) is 14.9. The number of benzene rings is 2. The summed E-state index contributed by atoms with van der Waals surface area (Å²) < 4.78 is 13.2. The lowest BCUT2D eigenvalue weighted by Gasteiger charge is -2.59. The van der Waals surface area contributed by atoms with Gasteiger partial charge in [0.25, 0.3) is 0 Å². The fourth-order valence-corrected chi connectivity index (χ4v) is 11.1. The molecule has 0 bridgehead atoms. The van der Waals surface area contributed by atoms with Crippen LogP contribution < -0.4 is 0 Å². The van der Waals surface area contributed by atoms with E-state index >= 15 is 0 Å². The van der Waals surface area contributed by atoms with Gasteiger partial charge >= 0.3 is 5.97 Å². The molecule has 4 fully saturated rings. The molecule has 41 heavy (non-hydrogen) atoms. The minimum absolute atomic E-state index is 0.0713. The molecule has 4 aliphatic carbocycles. The molecule has 2 aromatic rings. The minimum atomic E-state index is -0.376. The Kier molecular flexibility index (Phi) is 6.58. The van der Waals surface area contributed by atoms with Gasteiger partial charge in [-0.25, -0.2) is 0 Å². The third-order valence-electron chi connectivity index (χ3n) is 13.0. The van der Waals surface area contributed by atoms with Crippen molar-refractivity contribution in [1.29, 1.82) is 0 Å². The molecule has 7 rings (SSSR count). The predicted octanol–water partition coefficient (Wildman–Crippen LogP) is 9.01. The highest BCUT2D eigenvalue weighted by atomic mass is 16.5. The smallest absolute Gasteiger partial charge is 0.302 e. The zero-order chi connectivity index (χ0) is 28.5. The monoisotopic (exact) mass is 552 g/mol. The van der Waals surface area contributed by atoms with Crippen molar-refractivity contribution in [2.24, 2.45) is 34.5 Å². The Bertz CT molecular complexity index is 1280. The first-order valence-electron chi connectivity index (χ1n) is 16.4. The van der Waals surface area contributed by atoms with E-state index in [1.54, 1.807) is 12.5 Å². The van der Waals surface area contributed by atoms with Crippen LogP contribution in [0.3, 0.4) is 0 Å². The highest BCUT2D eigenvalue weighted by Gasteiger charge is 2.64. The number of allylic oxidation sites excluding steroid dienone is 1. The molecular formula is C38H48O3. The van der Waals surface area contributed by atoms with Crippen LogP contribution in [0.25, 0.3) is 0 Å². The van der Waals surface area contributed by atoms with Crippen molar-refractivity contribution in [2.45, 2.75) is 109 Å². The van der Waals surface area contributed by atoms with E-state index in [4.69, 9.17) is 9.47 Å². The Morgan fingerprint density at radius 2 is 1.49 bits per heavy atom. The summed E-state index contributed by atoms with van der Waals surface area (Å²) in [5, 5.41) is 0. The molecule has 0 aromatic heterocycles. The number of ether oxygens (including phenoxy) is 2. The normalized spacial score (nSPS) is 41.1. The van der Waals surface area contributed by atoms with Crippen LogP contribution >= 0.6 is 0 Å². The molecule has 218 valence electrons. The Morgan fingerprint density at radius 3 is 2.15 bits per heavy atom. The van der Waals surface area contributed by atoms with E-state index in [0.717, 1.165) is 49.9 Å². The number of carbonyl (C=O) groups is 1. The van der Waals surface area contributed by atoms with Gasteiger partial charge in [0.15, 0.2) is 0 Å². The van der Waals surface area contributed by atoms with E-state index in [0.29, 0.717) is 11.3 Å². The third-order valence-corrected chi connectivity index (χ3v) is 13.0. The number of fused-ring (bicyclic) bond motifs is 5. The van der Waals surface area contributed by atoms with Crippen molar-refractivity contribution in [3.8, 4) is 0 Å². The van der Waals surface area contributed by atoms with Gasteiger partial charge in [0.05, 0.1) is 5.60 Å². The van der Waals surface area contributed by atoms with Crippen LogP contribution in [0, 0.1) is 34.5 Å². The Hall–Kier alpha value is -2.39. The van der Waals surface area contributed by atoms with Crippen LogP contribution in [0.2, 0.25) is 0 Å². The first kappa shape index (κ1) is 27.4. The molecule has 1 saturated heterocycles. The molecule has 0 spiro atoms. The molecule has 3 heteroatoms. The minimum Gasteiger partial charge on any atom is -0.462 e. The molecule has 2 aromatic carbocycles. The average Bonchev–Trinajstić information content (AvgIpc) is 3.53. The summed E-state index contributed by atoms with van der Waals surface area (Å²) in [4.78, 5) is 11.7. The van der Waals surface area contributed by atoms with Gasteiger partial charge in [-0.05, 0) is 110 Å². The molecule has 0 N–H and O–H groups in total. The summed E-state index contributed by atoms with van der Waals surface area (Å²) in [6, 6.07) is 22.0. The maximum atomic E-state index is 11.7. The molecule has 5 aliphatic rings. The van der Waals surface area contributed by atoms with E-state index in [2.05, 4.69) is 87.5 Å². The lowest BCUT2D eigenvalue weighted by atomic mass is 9.46. The van der Waals surface area contributed by atoms with Gasteiger partial charge in [0, 0.05) is 13.3 Å². The Balaban J connectivity index is 1.17. The highest BCUT2D eigenvalue weighted by molar-refractivity contribution is 5.66. The lowest BCUT2D eigenvalue weighted by molar-refractivity contribution is -0.153. The molecule has 3 nitrogen and oxygen atoms in total. The van der Waals surface area contributed by atoms with Crippen LogP contribution in [0.1, 0.15) is 103 Å². The average molecular weight is 553 g/mol. The zero-order valence-corrected chi connectivity index (χ0v) is 25.5. The van der Waals surface area contributed by atoms with E-state index in [-0.39, 0.29) is 28.7 Å². The molecule has 3 saturated carbocycles.